The van der Waals surface area contributed by atoms with E-state index in [1.807, 2.05) is 23.7 Å². The van der Waals surface area contributed by atoms with Crippen LogP contribution in [0.2, 0.25) is 0 Å². The molecule has 0 saturated heterocycles. The Labute approximate surface area is 206 Å². The van der Waals surface area contributed by atoms with E-state index in [2.05, 4.69) is 25.7 Å². The number of nitrogens with one attached hydrogen (secondary N) is 2. The molecule has 2 N–H and O–H groups in total. The van der Waals surface area contributed by atoms with Gasteiger partial charge in [-0.15, -0.1) is 24.0 Å². The molecule has 0 bridgehead atoms. The molecule has 0 aliphatic carbocycles. The fourth-order valence-electron chi connectivity index (χ4n) is 3.67. The first-order chi connectivity index (χ1) is 15.4. The summed E-state index contributed by atoms with van der Waals surface area (Å²) < 4.78 is 46.3. The molecule has 1 atom stereocenters. The molecule has 3 aromatic rings. The smallest absolute Gasteiger partial charge is 0.416 e. The summed E-state index contributed by atoms with van der Waals surface area (Å²) >= 11 is 0. The van der Waals surface area contributed by atoms with Crippen molar-refractivity contribution in [1.29, 1.82) is 0 Å². The number of guanidine groups is 1. The highest BCUT2D eigenvalue weighted by Gasteiger charge is 2.30. The lowest BCUT2D eigenvalue weighted by atomic mass is 10.1. The zero-order valence-corrected chi connectivity index (χ0v) is 20.4. The number of fused-ring (bicyclic) bond motifs is 1. The minimum atomic E-state index is -4.38. The maximum absolute atomic E-state index is 13.0. The molecule has 1 unspecified atom stereocenters. The topological polar surface area (TPSA) is 80.3 Å². The van der Waals surface area contributed by atoms with Crippen LogP contribution < -0.4 is 10.6 Å². The number of hydrogen-bond donors (Lipinski definition) is 2. The minimum Gasteiger partial charge on any atom is -0.469 e. The van der Waals surface area contributed by atoms with Crippen LogP contribution in [0.25, 0.3) is 0 Å². The van der Waals surface area contributed by atoms with Gasteiger partial charge in [0.25, 0.3) is 0 Å². The van der Waals surface area contributed by atoms with Crippen molar-refractivity contribution in [3.63, 3.8) is 0 Å². The van der Waals surface area contributed by atoms with Crippen molar-refractivity contribution in [2.75, 3.05) is 6.54 Å². The van der Waals surface area contributed by atoms with Gasteiger partial charge in [0.15, 0.2) is 5.96 Å². The Morgan fingerprint density at radius 2 is 2.12 bits per heavy atom. The Hall–Kier alpha value is -2.57. The summed E-state index contributed by atoms with van der Waals surface area (Å²) in [4.78, 5) is 8.97. The number of benzene rings is 1. The molecule has 0 spiro atoms. The van der Waals surface area contributed by atoms with Gasteiger partial charge in [0, 0.05) is 25.4 Å². The van der Waals surface area contributed by atoms with Crippen molar-refractivity contribution in [3.05, 3.63) is 71.2 Å². The summed E-state index contributed by atoms with van der Waals surface area (Å²) in [6, 6.07) is 9.05. The summed E-state index contributed by atoms with van der Waals surface area (Å²) in [7, 11) is 0. The van der Waals surface area contributed by atoms with Crippen LogP contribution in [-0.4, -0.2) is 33.3 Å². The second kappa shape index (κ2) is 11.0. The highest BCUT2D eigenvalue weighted by molar-refractivity contribution is 14.0. The van der Waals surface area contributed by atoms with E-state index in [0.29, 0.717) is 31.0 Å². The Morgan fingerprint density at radius 1 is 1.27 bits per heavy atom. The molecule has 1 aliphatic rings. The van der Waals surface area contributed by atoms with E-state index < -0.39 is 11.7 Å². The first-order valence-electron chi connectivity index (χ1n) is 10.5. The van der Waals surface area contributed by atoms with Gasteiger partial charge in [-0.1, -0.05) is 12.1 Å². The monoisotopic (exact) mass is 574 g/mol. The zero-order valence-electron chi connectivity index (χ0n) is 18.1. The van der Waals surface area contributed by atoms with E-state index in [1.54, 1.807) is 12.3 Å². The molecule has 2 aromatic heterocycles. The van der Waals surface area contributed by atoms with E-state index in [0.717, 1.165) is 42.4 Å². The number of furan rings is 1. The first kappa shape index (κ1) is 25.1. The Kier molecular flexibility index (Phi) is 8.38. The predicted molar refractivity (Wildman–Crippen MR) is 128 cm³/mol. The summed E-state index contributed by atoms with van der Waals surface area (Å²) in [5.41, 5.74) is -0.184. The number of aryl methyl sites for hydroxylation is 2. The molecule has 178 valence electrons. The third-order valence-corrected chi connectivity index (χ3v) is 5.22. The van der Waals surface area contributed by atoms with Gasteiger partial charge in [-0.2, -0.15) is 18.3 Å². The third kappa shape index (κ3) is 6.95. The number of aliphatic imine (C=N–C) groups is 1. The summed E-state index contributed by atoms with van der Waals surface area (Å²) in [5.74, 6) is 3.10. The number of hydrogen-bond acceptors (Lipinski definition) is 4. The lowest BCUT2D eigenvalue weighted by molar-refractivity contribution is -0.137. The van der Waals surface area contributed by atoms with Crippen molar-refractivity contribution in [2.24, 2.45) is 4.99 Å². The number of nitrogens with zero attached hydrogens (tertiary/aromatic N) is 4. The molecular weight excluding hydrogens is 548 g/mol. The van der Waals surface area contributed by atoms with Crippen molar-refractivity contribution >= 4 is 29.9 Å². The Morgan fingerprint density at radius 3 is 2.88 bits per heavy atom. The quantitative estimate of drug-likeness (QED) is 0.263. The van der Waals surface area contributed by atoms with E-state index >= 15 is 0 Å². The maximum Gasteiger partial charge on any atom is 0.416 e. The second-order valence-corrected chi connectivity index (χ2v) is 7.76. The van der Waals surface area contributed by atoms with Gasteiger partial charge in [0.2, 0.25) is 0 Å². The van der Waals surface area contributed by atoms with Gasteiger partial charge in [-0.25, -0.2) is 14.7 Å². The molecule has 4 rings (SSSR count). The van der Waals surface area contributed by atoms with Crippen molar-refractivity contribution in [2.45, 2.75) is 51.5 Å². The van der Waals surface area contributed by atoms with Gasteiger partial charge in [-0.3, -0.25) is 0 Å². The standard InChI is InChI=1S/C22H25F3N6O.HI/c1-15-28-20-8-7-18(14-31(20)30-15)29-21(26-10-9-19-6-3-11-32-19)27-13-16-4-2-5-17(12-16)22(23,24)25;/h2-6,11-12,18H,7-10,13-14H2,1H3,(H2,26,27,29);1H. The third-order valence-electron chi connectivity index (χ3n) is 5.22. The van der Waals surface area contributed by atoms with E-state index in [1.165, 1.54) is 6.07 Å². The van der Waals surface area contributed by atoms with Crippen LogP contribution >= 0.6 is 24.0 Å². The highest BCUT2D eigenvalue weighted by Crippen LogP contribution is 2.29. The number of aromatic nitrogens is 3. The number of alkyl halides is 3. The van der Waals surface area contributed by atoms with Gasteiger partial charge in [0.05, 0.1) is 24.9 Å². The van der Waals surface area contributed by atoms with Crippen LogP contribution in [0.4, 0.5) is 13.2 Å². The van der Waals surface area contributed by atoms with E-state index in [-0.39, 0.29) is 36.6 Å². The van der Waals surface area contributed by atoms with Crippen molar-refractivity contribution < 1.29 is 17.6 Å². The number of rotatable bonds is 6. The van der Waals surface area contributed by atoms with Crippen LogP contribution in [0.3, 0.4) is 0 Å². The molecule has 0 amide bonds. The minimum absolute atomic E-state index is 0. The molecule has 11 heteroatoms. The first-order valence-corrected chi connectivity index (χ1v) is 10.5. The average Bonchev–Trinajstić information content (AvgIpc) is 3.40. The largest absolute Gasteiger partial charge is 0.469 e. The molecule has 7 nitrogen and oxygen atoms in total. The molecule has 1 aromatic carbocycles. The van der Waals surface area contributed by atoms with E-state index in [9.17, 15) is 13.2 Å². The molecule has 3 heterocycles. The summed E-state index contributed by atoms with van der Waals surface area (Å²) in [5, 5.41) is 11.1. The Bertz CT molecular complexity index is 1060. The van der Waals surface area contributed by atoms with Gasteiger partial charge in [0.1, 0.15) is 17.4 Å². The zero-order chi connectivity index (χ0) is 22.6. The average molecular weight is 574 g/mol. The van der Waals surface area contributed by atoms with Crippen LogP contribution in [0.1, 0.15) is 35.0 Å². The normalized spacial score (nSPS) is 16.1. The van der Waals surface area contributed by atoms with Crippen LogP contribution in [0.15, 0.2) is 52.1 Å². The van der Waals surface area contributed by atoms with Crippen LogP contribution in [0, 0.1) is 6.92 Å². The fraction of sp³-hybridized carbons (Fsp3) is 0.409. The summed E-state index contributed by atoms with van der Waals surface area (Å²) in [6.45, 7) is 3.22. The molecule has 33 heavy (non-hydrogen) atoms. The van der Waals surface area contributed by atoms with Crippen molar-refractivity contribution in [3.8, 4) is 0 Å². The fourth-order valence-corrected chi connectivity index (χ4v) is 3.67. The lowest BCUT2D eigenvalue weighted by Gasteiger charge is -2.25. The highest BCUT2D eigenvalue weighted by atomic mass is 127. The second-order valence-electron chi connectivity index (χ2n) is 7.76. The van der Waals surface area contributed by atoms with Gasteiger partial charge in [-0.05, 0) is 43.2 Å². The lowest BCUT2D eigenvalue weighted by Crippen LogP contribution is -2.47. The molecule has 1 aliphatic heterocycles. The van der Waals surface area contributed by atoms with Crippen LogP contribution in [-0.2, 0) is 32.1 Å². The molecule has 0 radical (unpaired) electrons. The van der Waals surface area contributed by atoms with E-state index in [4.69, 9.17) is 4.42 Å². The van der Waals surface area contributed by atoms with Gasteiger partial charge >= 0.3 is 6.18 Å². The number of halogens is 4. The SMILES string of the molecule is Cc1nc2n(n1)CC(NC(=NCc1cccc(C(F)(F)F)c1)NCCc1ccco1)CC2.I. The van der Waals surface area contributed by atoms with Crippen molar-refractivity contribution in [1.82, 2.24) is 25.4 Å². The predicted octanol–water partition coefficient (Wildman–Crippen LogP) is 4.11. The molecule has 0 fully saturated rings. The maximum atomic E-state index is 13.0. The van der Waals surface area contributed by atoms with Gasteiger partial charge < -0.3 is 15.1 Å². The molecular formula is C22H26F3IN6O. The Balaban J connectivity index is 0.00000306. The molecule has 0 saturated carbocycles. The summed E-state index contributed by atoms with van der Waals surface area (Å²) in [6.07, 6.45) is -0.436. The van der Waals surface area contributed by atoms with Crippen LogP contribution in [0.5, 0.6) is 0 Å².